The third-order valence-electron chi connectivity index (χ3n) is 1.52. The minimum atomic E-state index is -0.411. The van der Waals surface area contributed by atoms with Crippen LogP contribution in [0.5, 0.6) is 0 Å². The van der Waals surface area contributed by atoms with Gasteiger partial charge in [-0.15, -0.1) is 0 Å². The van der Waals surface area contributed by atoms with Gasteiger partial charge in [0, 0.05) is 12.7 Å². The Balaban J connectivity index is 2.62. The van der Waals surface area contributed by atoms with E-state index in [1.165, 1.54) is 19.2 Å². The number of carbonyl (C=O) groups excluding carboxylic acids is 1. The number of nitrogens with one attached hydrogen (secondary N) is 1. The first-order valence-electron chi connectivity index (χ1n) is 4.01. The van der Waals surface area contributed by atoms with E-state index in [4.69, 9.17) is 23.2 Å². The molecular weight excluding hydrogens is 241 g/mol. The van der Waals surface area contributed by atoms with Crippen LogP contribution in [-0.4, -0.2) is 19.8 Å². The zero-order valence-electron chi connectivity index (χ0n) is 7.92. The Morgan fingerprint density at radius 1 is 1.40 bits per heavy atom. The molecule has 0 spiro atoms. The van der Waals surface area contributed by atoms with Crippen LogP contribution in [0, 0.1) is 0 Å². The van der Waals surface area contributed by atoms with Crippen molar-refractivity contribution in [3.63, 3.8) is 0 Å². The number of hydroxylamine groups is 1. The van der Waals surface area contributed by atoms with Gasteiger partial charge in [-0.25, -0.2) is 10.3 Å². The standard InChI is InChI=1S/C9H9Cl2NO3/c1-14-5-15-12-9(13)6-2-3-7(10)8(11)4-6/h2-4H,5H2,1H3,(H,12,13). The van der Waals surface area contributed by atoms with Crippen molar-refractivity contribution in [2.45, 2.75) is 0 Å². The quantitative estimate of drug-likeness (QED) is 0.506. The highest BCUT2D eigenvalue weighted by atomic mass is 35.5. The maximum absolute atomic E-state index is 11.4. The lowest BCUT2D eigenvalue weighted by Crippen LogP contribution is -2.24. The molecule has 4 nitrogen and oxygen atoms in total. The first kappa shape index (κ1) is 12.3. The van der Waals surface area contributed by atoms with E-state index >= 15 is 0 Å². The van der Waals surface area contributed by atoms with E-state index in [0.717, 1.165) is 0 Å². The Labute approximate surface area is 97.0 Å². The summed E-state index contributed by atoms with van der Waals surface area (Å²) in [6.07, 6.45) is 0. The highest BCUT2D eigenvalue weighted by Crippen LogP contribution is 2.22. The van der Waals surface area contributed by atoms with Crippen LogP contribution in [0.15, 0.2) is 18.2 Å². The topological polar surface area (TPSA) is 47.6 Å². The van der Waals surface area contributed by atoms with Gasteiger partial charge in [0.15, 0.2) is 6.79 Å². The first-order chi connectivity index (χ1) is 7.15. The van der Waals surface area contributed by atoms with Crippen LogP contribution in [0.1, 0.15) is 10.4 Å². The Morgan fingerprint density at radius 2 is 2.13 bits per heavy atom. The molecule has 1 aromatic carbocycles. The number of amides is 1. The second-order valence-corrected chi connectivity index (χ2v) is 3.43. The summed E-state index contributed by atoms with van der Waals surface area (Å²) in [7, 11) is 1.45. The van der Waals surface area contributed by atoms with Gasteiger partial charge in [-0.05, 0) is 18.2 Å². The lowest BCUT2D eigenvalue weighted by Gasteiger charge is -2.05. The molecule has 0 radical (unpaired) electrons. The number of rotatable bonds is 4. The van der Waals surface area contributed by atoms with E-state index in [2.05, 4.69) is 15.1 Å². The van der Waals surface area contributed by atoms with Crippen molar-refractivity contribution in [1.29, 1.82) is 0 Å². The highest BCUT2D eigenvalue weighted by molar-refractivity contribution is 6.42. The molecule has 1 N–H and O–H groups in total. The number of methoxy groups -OCH3 is 1. The predicted molar refractivity (Wildman–Crippen MR) is 56.9 cm³/mol. The lowest BCUT2D eigenvalue weighted by molar-refractivity contribution is -0.0704. The Bertz CT molecular complexity index is 357. The minimum Gasteiger partial charge on any atom is -0.356 e. The summed E-state index contributed by atoms with van der Waals surface area (Å²) in [5, 5.41) is 0.710. The van der Waals surface area contributed by atoms with Crippen LogP contribution in [-0.2, 0) is 9.57 Å². The predicted octanol–water partition coefficient (Wildman–Crippen LogP) is 2.26. The van der Waals surface area contributed by atoms with Gasteiger partial charge in [0.1, 0.15) is 0 Å². The van der Waals surface area contributed by atoms with E-state index < -0.39 is 5.91 Å². The number of carbonyl (C=O) groups is 1. The molecule has 0 aliphatic carbocycles. The molecule has 0 saturated carbocycles. The van der Waals surface area contributed by atoms with Gasteiger partial charge < -0.3 is 4.74 Å². The van der Waals surface area contributed by atoms with Gasteiger partial charge in [0.2, 0.25) is 0 Å². The third kappa shape index (κ3) is 3.68. The monoisotopic (exact) mass is 249 g/mol. The maximum Gasteiger partial charge on any atom is 0.274 e. The van der Waals surface area contributed by atoms with Crippen molar-refractivity contribution in [3.8, 4) is 0 Å². The molecule has 0 fully saturated rings. The summed E-state index contributed by atoms with van der Waals surface area (Å²) in [6.45, 7) is -0.0208. The molecule has 0 aromatic heterocycles. The summed E-state index contributed by atoms with van der Waals surface area (Å²) in [5.74, 6) is -0.411. The molecule has 0 saturated heterocycles. The summed E-state index contributed by atoms with van der Waals surface area (Å²) in [6, 6.07) is 4.53. The molecule has 15 heavy (non-hydrogen) atoms. The third-order valence-corrected chi connectivity index (χ3v) is 2.26. The number of hydrogen-bond acceptors (Lipinski definition) is 3. The highest BCUT2D eigenvalue weighted by Gasteiger charge is 2.07. The van der Waals surface area contributed by atoms with Crippen molar-refractivity contribution < 1.29 is 14.4 Å². The van der Waals surface area contributed by atoms with Crippen molar-refractivity contribution in [1.82, 2.24) is 5.48 Å². The second-order valence-electron chi connectivity index (χ2n) is 2.61. The van der Waals surface area contributed by atoms with E-state index in [9.17, 15) is 4.79 Å². The van der Waals surface area contributed by atoms with Gasteiger partial charge in [-0.3, -0.25) is 4.79 Å². The van der Waals surface area contributed by atoms with Gasteiger partial charge >= 0.3 is 0 Å². The van der Waals surface area contributed by atoms with Crippen molar-refractivity contribution in [3.05, 3.63) is 33.8 Å². The molecule has 1 aromatic rings. The fourth-order valence-corrected chi connectivity index (χ4v) is 1.15. The smallest absolute Gasteiger partial charge is 0.274 e. The average Bonchev–Trinajstić information content (AvgIpc) is 2.22. The van der Waals surface area contributed by atoms with Crippen LogP contribution < -0.4 is 5.48 Å². The SMILES string of the molecule is COCONC(=O)c1ccc(Cl)c(Cl)c1. The second kappa shape index (κ2) is 5.92. The zero-order valence-corrected chi connectivity index (χ0v) is 9.43. The molecular formula is C9H9Cl2NO3. The summed E-state index contributed by atoms with van der Waals surface area (Å²) >= 11 is 11.4. The minimum absolute atomic E-state index is 0.0208. The zero-order chi connectivity index (χ0) is 11.3. The van der Waals surface area contributed by atoms with Crippen molar-refractivity contribution in [2.24, 2.45) is 0 Å². The van der Waals surface area contributed by atoms with Crippen LogP contribution in [0.2, 0.25) is 10.0 Å². The van der Waals surface area contributed by atoms with Crippen LogP contribution in [0.25, 0.3) is 0 Å². The summed E-state index contributed by atoms with van der Waals surface area (Å²) < 4.78 is 4.59. The van der Waals surface area contributed by atoms with Gasteiger partial charge in [-0.1, -0.05) is 23.2 Å². The van der Waals surface area contributed by atoms with Gasteiger partial charge in [0.05, 0.1) is 10.0 Å². The first-order valence-corrected chi connectivity index (χ1v) is 4.77. The molecule has 0 aliphatic heterocycles. The molecule has 1 rings (SSSR count). The molecule has 82 valence electrons. The van der Waals surface area contributed by atoms with Crippen molar-refractivity contribution >= 4 is 29.1 Å². The summed E-state index contributed by atoms with van der Waals surface area (Å²) in [4.78, 5) is 16.1. The molecule has 1 amide bonds. The molecule has 6 heteroatoms. The van der Waals surface area contributed by atoms with Crippen LogP contribution in [0.4, 0.5) is 0 Å². The Morgan fingerprint density at radius 3 is 2.73 bits per heavy atom. The largest absolute Gasteiger partial charge is 0.356 e. The summed E-state index contributed by atoms with van der Waals surface area (Å²) in [5.41, 5.74) is 2.54. The van der Waals surface area contributed by atoms with E-state index in [1.807, 2.05) is 0 Å². The molecule has 0 aliphatic rings. The van der Waals surface area contributed by atoms with Crippen LogP contribution >= 0.6 is 23.2 Å². The normalized spacial score (nSPS) is 10.1. The van der Waals surface area contributed by atoms with Gasteiger partial charge in [0.25, 0.3) is 5.91 Å². The van der Waals surface area contributed by atoms with Crippen molar-refractivity contribution in [2.75, 3.05) is 13.9 Å². The molecule has 0 bridgehead atoms. The fraction of sp³-hybridized carbons (Fsp3) is 0.222. The maximum atomic E-state index is 11.4. The molecule has 0 unspecified atom stereocenters. The fourth-order valence-electron chi connectivity index (χ4n) is 0.850. The van der Waals surface area contributed by atoms with E-state index in [0.29, 0.717) is 15.6 Å². The Kier molecular flexibility index (Phi) is 4.84. The van der Waals surface area contributed by atoms with Crippen LogP contribution in [0.3, 0.4) is 0 Å². The van der Waals surface area contributed by atoms with E-state index in [-0.39, 0.29) is 6.79 Å². The Hall–Kier alpha value is -0.810. The number of hydrogen-bond donors (Lipinski definition) is 1. The van der Waals surface area contributed by atoms with E-state index in [1.54, 1.807) is 6.07 Å². The molecule has 0 heterocycles. The van der Waals surface area contributed by atoms with Gasteiger partial charge in [-0.2, -0.15) is 0 Å². The number of ether oxygens (including phenoxy) is 1. The molecule has 0 atom stereocenters. The number of halogens is 2. The number of benzene rings is 1. The average molecular weight is 250 g/mol. The lowest BCUT2D eigenvalue weighted by atomic mass is 10.2.